The van der Waals surface area contributed by atoms with Crippen molar-refractivity contribution in [3.63, 3.8) is 0 Å². The second-order valence-electron chi connectivity index (χ2n) is 4.04. The van der Waals surface area contributed by atoms with Gasteiger partial charge in [0.25, 0.3) is 0 Å². The second kappa shape index (κ2) is 6.55. The molecule has 1 atom stereocenters. The first-order chi connectivity index (χ1) is 8.04. The van der Waals surface area contributed by atoms with Crippen molar-refractivity contribution in [2.45, 2.75) is 19.9 Å². The minimum absolute atomic E-state index is 0.120. The monoisotopic (exact) mass is 297 g/mol. The molecule has 0 aliphatic heterocycles. The van der Waals surface area contributed by atoms with E-state index in [2.05, 4.69) is 20.9 Å². The molecule has 0 radical (unpaired) electrons. The van der Waals surface area contributed by atoms with Crippen LogP contribution in [0.3, 0.4) is 0 Å². The molecule has 0 spiro atoms. The van der Waals surface area contributed by atoms with Gasteiger partial charge in [0.2, 0.25) is 0 Å². The fraction of sp³-hybridized carbons (Fsp3) is 0.385. The Labute approximate surface area is 110 Å². The molecule has 0 N–H and O–H groups in total. The number of nitrogens with zero attached hydrogens (tertiary/aromatic N) is 1. The Hall–Kier alpha value is -1.16. The summed E-state index contributed by atoms with van der Waals surface area (Å²) in [6.07, 6.45) is 1.70. The summed E-state index contributed by atoms with van der Waals surface area (Å²) in [5.74, 6) is -0.178. The Kier molecular flexibility index (Phi) is 5.35. The molecule has 0 aromatic heterocycles. The van der Waals surface area contributed by atoms with Crippen LogP contribution in [0, 0.1) is 5.92 Å². The van der Waals surface area contributed by atoms with Gasteiger partial charge in [0.05, 0.1) is 7.11 Å². The maximum atomic E-state index is 11.5. The number of ether oxygens (including phenoxy) is 1. The molecule has 1 rings (SSSR count). The molecule has 0 saturated carbocycles. The first-order valence-electron chi connectivity index (χ1n) is 5.41. The molecule has 0 bridgehead atoms. The fourth-order valence-corrected chi connectivity index (χ4v) is 1.61. The van der Waals surface area contributed by atoms with E-state index in [-0.39, 0.29) is 11.9 Å². The van der Waals surface area contributed by atoms with E-state index in [1.807, 2.05) is 38.1 Å². The lowest BCUT2D eigenvalue weighted by molar-refractivity contribution is -0.143. The molecule has 0 amide bonds. The van der Waals surface area contributed by atoms with Crippen LogP contribution in [0.4, 0.5) is 0 Å². The standard InChI is InChI=1S/C13H16BrNO2/c1-9(2)12(13(16)17-3)15-8-10-4-6-11(14)7-5-10/h4-9,12H,1-3H3/t12-/m0/s1. The normalized spacial score (nSPS) is 13.0. The third kappa shape index (κ3) is 4.30. The van der Waals surface area contributed by atoms with Crippen LogP contribution in [0.15, 0.2) is 33.7 Å². The zero-order chi connectivity index (χ0) is 12.8. The number of hydrogen-bond donors (Lipinski definition) is 0. The lowest BCUT2D eigenvalue weighted by atomic mass is 10.1. The molecule has 0 aliphatic carbocycles. The van der Waals surface area contributed by atoms with Crippen molar-refractivity contribution >= 4 is 28.1 Å². The van der Waals surface area contributed by atoms with Gasteiger partial charge in [-0.05, 0) is 23.6 Å². The predicted molar refractivity (Wildman–Crippen MR) is 72.4 cm³/mol. The van der Waals surface area contributed by atoms with E-state index in [4.69, 9.17) is 4.74 Å². The Morgan fingerprint density at radius 3 is 2.41 bits per heavy atom. The lowest BCUT2D eigenvalue weighted by Gasteiger charge is -2.13. The Morgan fingerprint density at radius 2 is 1.94 bits per heavy atom. The number of aliphatic imine (C=N–C) groups is 1. The third-order valence-electron chi connectivity index (χ3n) is 2.33. The number of methoxy groups -OCH3 is 1. The number of hydrogen-bond acceptors (Lipinski definition) is 3. The molecule has 0 heterocycles. The summed E-state index contributed by atoms with van der Waals surface area (Å²) in [4.78, 5) is 15.8. The summed E-state index contributed by atoms with van der Waals surface area (Å²) in [5.41, 5.74) is 0.961. The summed E-state index contributed by atoms with van der Waals surface area (Å²) in [7, 11) is 1.38. The van der Waals surface area contributed by atoms with Crippen molar-refractivity contribution in [3.05, 3.63) is 34.3 Å². The summed E-state index contributed by atoms with van der Waals surface area (Å²) in [5, 5.41) is 0. The van der Waals surface area contributed by atoms with Crippen LogP contribution < -0.4 is 0 Å². The highest BCUT2D eigenvalue weighted by Gasteiger charge is 2.20. The smallest absolute Gasteiger partial charge is 0.330 e. The highest BCUT2D eigenvalue weighted by Crippen LogP contribution is 2.11. The maximum absolute atomic E-state index is 11.5. The Balaban J connectivity index is 2.79. The molecule has 3 nitrogen and oxygen atoms in total. The van der Waals surface area contributed by atoms with Gasteiger partial charge in [0, 0.05) is 10.7 Å². The summed E-state index contributed by atoms with van der Waals surface area (Å²) >= 11 is 3.36. The van der Waals surface area contributed by atoms with Crippen LogP contribution in [-0.4, -0.2) is 25.3 Å². The molecule has 0 unspecified atom stereocenters. The van der Waals surface area contributed by atoms with E-state index in [1.54, 1.807) is 6.21 Å². The largest absolute Gasteiger partial charge is 0.467 e. The van der Waals surface area contributed by atoms with Crippen molar-refractivity contribution in [2.24, 2.45) is 10.9 Å². The van der Waals surface area contributed by atoms with Crippen LogP contribution >= 0.6 is 15.9 Å². The average Bonchev–Trinajstić information content (AvgIpc) is 2.31. The van der Waals surface area contributed by atoms with Gasteiger partial charge < -0.3 is 4.74 Å². The summed E-state index contributed by atoms with van der Waals surface area (Å²) in [6.45, 7) is 3.89. The quantitative estimate of drug-likeness (QED) is 0.633. The van der Waals surface area contributed by atoms with E-state index in [0.717, 1.165) is 10.0 Å². The van der Waals surface area contributed by atoms with E-state index < -0.39 is 6.04 Å². The van der Waals surface area contributed by atoms with Gasteiger partial charge >= 0.3 is 5.97 Å². The Morgan fingerprint density at radius 1 is 1.35 bits per heavy atom. The molecule has 0 aliphatic rings. The number of halogens is 1. The van der Waals surface area contributed by atoms with Crippen molar-refractivity contribution in [1.29, 1.82) is 0 Å². The van der Waals surface area contributed by atoms with Gasteiger partial charge in [-0.25, -0.2) is 4.79 Å². The molecule has 17 heavy (non-hydrogen) atoms. The fourth-order valence-electron chi connectivity index (χ4n) is 1.34. The molecular formula is C13H16BrNO2. The van der Waals surface area contributed by atoms with Crippen LogP contribution in [0.5, 0.6) is 0 Å². The highest BCUT2D eigenvalue weighted by atomic mass is 79.9. The topological polar surface area (TPSA) is 38.7 Å². The predicted octanol–water partition coefficient (Wildman–Crippen LogP) is 3.07. The second-order valence-corrected chi connectivity index (χ2v) is 4.96. The van der Waals surface area contributed by atoms with Crippen molar-refractivity contribution in [3.8, 4) is 0 Å². The van der Waals surface area contributed by atoms with Crippen LogP contribution in [-0.2, 0) is 9.53 Å². The first-order valence-corrected chi connectivity index (χ1v) is 6.20. The Bertz CT molecular complexity index is 398. The number of carbonyl (C=O) groups is 1. The van der Waals surface area contributed by atoms with Crippen molar-refractivity contribution < 1.29 is 9.53 Å². The average molecular weight is 298 g/mol. The van der Waals surface area contributed by atoms with Crippen LogP contribution in [0.25, 0.3) is 0 Å². The van der Waals surface area contributed by atoms with Gasteiger partial charge in [-0.3, -0.25) is 4.99 Å². The van der Waals surface area contributed by atoms with E-state index in [0.29, 0.717) is 0 Å². The minimum Gasteiger partial charge on any atom is -0.467 e. The summed E-state index contributed by atoms with van der Waals surface area (Å²) < 4.78 is 5.74. The number of esters is 1. The van der Waals surface area contributed by atoms with Crippen LogP contribution in [0.2, 0.25) is 0 Å². The van der Waals surface area contributed by atoms with Crippen LogP contribution in [0.1, 0.15) is 19.4 Å². The minimum atomic E-state index is -0.441. The molecule has 1 aromatic rings. The number of carbonyl (C=O) groups excluding carboxylic acids is 1. The highest BCUT2D eigenvalue weighted by molar-refractivity contribution is 9.10. The molecular weight excluding hydrogens is 282 g/mol. The molecule has 0 saturated heterocycles. The van der Waals surface area contributed by atoms with Crippen molar-refractivity contribution in [2.75, 3.05) is 7.11 Å². The summed E-state index contributed by atoms with van der Waals surface area (Å²) in [6, 6.07) is 7.29. The zero-order valence-electron chi connectivity index (χ0n) is 10.2. The molecule has 92 valence electrons. The van der Waals surface area contributed by atoms with Gasteiger partial charge in [0.15, 0.2) is 0 Å². The number of rotatable bonds is 4. The lowest BCUT2D eigenvalue weighted by Crippen LogP contribution is -2.25. The third-order valence-corrected chi connectivity index (χ3v) is 2.86. The van der Waals surface area contributed by atoms with E-state index in [9.17, 15) is 4.79 Å². The van der Waals surface area contributed by atoms with Gasteiger partial charge in [-0.2, -0.15) is 0 Å². The van der Waals surface area contributed by atoms with E-state index >= 15 is 0 Å². The van der Waals surface area contributed by atoms with E-state index in [1.165, 1.54) is 7.11 Å². The van der Waals surface area contributed by atoms with Crippen molar-refractivity contribution in [1.82, 2.24) is 0 Å². The molecule has 0 fully saturated rings. The SMILES string of the molecule is COC(=O)[C@@H](N=Cc1ccc(Br)cc1)C(C)C. The molecule has 1 aromatic carbocycles. The first kappa shape index (κ1) is 13.9. The van der Waals surface area contributed by atoms with Gasteiger partial charge in [0.1, 0.15) is 6.04 Å². The number of benzene rings is 1. The van der Waals surface area contributed by atoms with Gasteiger partial charge in [-0.1, -0.05) is 41.9 Å². The van der Waals surface area contributed by atoms with Gasteiger partial charge in [-0.15, -0.1) is 0 Å². The zero-order valence-corrected chi connectivity index (χ0v) is 11.8. The maximum Gasteiger partial charge on any atom is 0.330 e. The molecule has 4 heteroatoms.